The van der Waals surface area contributed by atoms with E-state index in [9.17, 15) is 0 Å². The van der Waals surface area contributed by atoms with Crippen LogP contribution in [0.15, 0.2) is 24.4 Å². The molecule has 0 saturated heterocycles. The highest BCUT2D eigenvalue weighted by Gasteiger charge is 2.10. The Balaban J connectivity index is 2.28. The molecule has 1 aromatic carbocycles. The van der Waals surface area contributed by atoms with Crippen LogP contribution in [-0.4, -0.2) is 4.98 Å². The fourth-order valence-electron chi connectivity index (χ4n) is 2.19. The van der Waals surface area contributed by atoms with Gasteiger partial charge in [0, 0.05) is 6.20 Å². The minimum Gasteiger partial charge on any atom is -0.485 e. The van der Waals surface area contributed by atoms with Crippen LogP contribution in [0, 0.1) is 27.7 Å². The summed E-state index contributed by atoms with van der Waals surface area (Å²) in [6.07, 6.45) is 1.66. The van der Waals surface area contributed by atoms with E-state index < -0.39 is 0 Å². The molecular formula is C16H20N2O. The number of nitrogens with two attached hydrogens (primary N) is 1. The Morgan fingerprint density at radius 1 is 1.11 bits per heavy atom. The molecular weight excluding hydrogens is 236 g/mol. The zero-order chi connectivity index (χ0) is 14.0. The molecule has 0 saturated carbocycles. The number of hydrogen-bond donors (Lipinski definition) is 1. The van der Waals surface area contributed by atoms with E-state index in [1.54, 1.807) is 6.20 Å². The number of aromatic nitrogens is 1. The highest BCUT2D eigenvalue weighted by Crippen LogP contribution is 2.24. The molecule has 0 radical (unpaired) electrons. The van der Waals surface area contributed by atoms with Crippen LogP contribution in [0.25, 0.3) is 0 Å². The van der Waals surface area contributed by atoms with Crippen LogP contribution in [0.2, 0.25) is 0 Å². The van der Waals surface area contributed by atoms with Crippen molar-refractivity contribution in [2.45, 2.75) is 34.3 Å². The number of nitrogens with zero attached hydrogens (tertiary/aromatic N) is 1. The van der Waals surface area contributed by atoms with Gasteiger partial charge >= 0.3 is 0 Å². The topological polar surface area (TPSA) is 48.1 Å². The van der Waals surface area contributed by atoms with E-state index in [-0.39, 0.29) is 0 Å². The van der Waals surface area contributed by atoms with Crippen LogP contribution in [-0.2, 0) is 6.61 Å². The number of pyridine rings is 1. The first-order valence-electron chi connectivity index (χ1n) is 6.40. The summed E-state index contributed by atoms with van der Waals surface area (Å²) < 4.78 is 5.81. The van der Waals surface area contributed by atoms with E-state index in [0.717, 1.165) is 0 Å². The summed E-state index contributed by atoms with van der Waals surface area (Å²) in [4.78, 5) is 4.02. The first-order valence-corrected chi connectivity index (χ1v) is 6.40. The van der Waals surface area contributed by atoms with E-state index in [0.29, 0.717) is 18.2 Å². The monoisotopic (exact) mass is 256 g/mol. The molecule has 1 heterocycles. The van der Waals surface area contributed by atoms with Gasteiger partial charge in [-0.2, -0.15) is 0 Å². The Hall–Kier alpha value is -2.03. The second-order valence-electron chi connectivity index (χ2n) is 4.91. The van der Waals surface area contributed by atoms with E-state index in [1.807, 2.05) is 12.1 Å². The van der Waals surface area contributed by atoms with Gasteiger partial charge < -0.3 is 10.5 Å². The zero-order valence-electron chi connectivity index (χ0n) is 11.9. The van der Waals surface area contributed by atoms with Crippen LogP contribution in [0.5, 0.6) is 5.75 Å². The third-order valence-electron chi connectivity index (χ3n) is 3.69. The average Bonchev–Trinajstić information content (AvgIpc) is 2.38. The molecule has 100 valence electrons. The number of anilines is 1. The number of ether oxygens (including phenoxy) is 1. The molecule has 0 amide bonds. The lowest BCUT2D eigenvalue weighted by molar-refractivity contribution is 0.305. The Labute approximate surface area is 114 Å². The highest BCUT2D eigenvalue weighted by atomic mass is 16.5. The van der Waals surface area contributed by atoms with Crippen LogP contribution >= 0.6 is 0 Å². The smallest absolute Gasteiger partial charge is 0.166 e. The van der Waals surface area contributed by atoms with Gasteiger partial charge in [-0.25, -0.2) is 4.98 Å². The largest absolute Gasteiger partial charge is 0.485 e. The van der Waals surface area contributed by atoms with Gasteiger partial charge in [0.15, 0.2) is 11.6 Å². The van der Waals surface area contributed by atoms with Crippen LogP contribution in [0.1, 0.15) is 27.8 Å². The van der Waals surface area contributed by atoms with Crippen molar-refractivity contribution in [3.63, 3.8) is 0 Å². The fraction of sp³-hybridized carbons (Fsp3) is 0.312. The van der Waals surface area contributed by atoms with E-state index >= 15 is 0 Å². The fourth-order valence-corrected chi connectivity index (χ4v) is 2.19. The standard InChI is InChI=1S/C16H20N2O/c1-10-8-11(2)13(4)14(12(10)3)9-19-15-6-5-7-18-16(15)17/h5-8H,9H2,1-4H3,(H2,17,18). The van der Waals surface area contributed by atoms with Gasteiger partial charge in [-0.05, 0) is 67.6 Å². The molecule has 2 aromatic rings. The van der Waals surface area contributed by atoms with E-state index in [2.05, 4.69) is 38.7 Å². The lowest BCUT2D eigenvalue weighted by Crippen LogP contribution is -2.05. The minimum absolute atomic E-state index is 0.433. The minimum atomic E-state index is 0.433. The van der Waals surface area contributed by atoms with E-state index in [1.165, 1.54) is 27.8 Å². The number of aryl methyl sites for hydroxylation is 2. The van der Waals surface area contributed by atoms with Crippen molar-refractivity contribution < 1.29 is 4.74 Å². The zero-order valence-corrected chi connectivity index (χ0v) is 11.9. The highest BCUT2D eigenvalue weighted by molar-refractivity contribution is 5.46. The van der Waals surface area contributed by atoms with Gasteiger partial charge in [-0.3, -0.25) is 0 Å². The van der Waals surface area contributed by atoms with Crippen molar-refractivity contribution in [2.75, 3.05) is 5.73 Å². The SMILES string of the molecule is Cc1cc(C)c(C)c(COc2cccnc2N)c1C. The quantitative estimate of drug-likeness (QED) is 0.914. The third kappa shape index (κ3) is 2.70. The molecule has 0 aliphatic rings. The predicted molar refractivity (Wildman–Crippen MR) is 78.4 cm³/mol. The van der Waals surface area contributed by atoms with Gasteiger partial charge in [-0.15, -0.1) is 0 Å². The molecule has 0 bridgehead atoms. The molecule has 0 atom stereocenters. The second-order valence-corrected chi connectivity index (χ2v) is 4.91. The Morgan fingerprint density at radius 3 is 2.32 bits per heavy atom. The summed E-state index contributed by atoms with van der Waals surface area (Å²) in [5.74, 6) is 1.07. The molecule has 1 aromatic heterocycles. The van der Waals surface area contributed by atoms with Crippen molar-refractivity contribution in [1.82, 2.24) is 4.98 Å². The molecule has 0 unspecified atom stereocenters. The first kappa shape index (κ1) is 13.4. The number of benzene rings is 1. The van der Waals surface area contributed by atoms with Crippen LogP contribution in [0.4, 0.5) is 5.82 Å². The maximum atomic E-state index is 5.81. The van der Waals surface area contributed by atoms with Gasteiger partial charge in [0.2, 0.25) is 0 Å². The summed E-state index contributed by atoms with van der Waals surface area (Å²) in [5, 5.41) is 0. The van der Waals surface area contributed by atoms with Crippen molar-refractivity contribution in [3.8, 4) is 5.75 Å². The lowest BCUT2D eigenvalue weighted by Gasteiger charge is -2.16. The second kappa shape index (κ2) is 5.31. The Bertz CT molecular complexity index is 580. The van der Waals surface area contributed by atoms with Gasteiger partial charge in [0.1, 0.15) is 6.61 Å². The molecule has 0 aliphatic heterocycles. The number of hydrogen-bond acceptors (Lipinski definition) is 3. The normalized spacial score (nSPS) is 10.5. The Morgan fingerprint density at radius 2 is 1.74 bits per heavy atom. The summed E-state index contributed by atoms with van der Waals surface area (Å²) in [7, 11) is 0. The summed E-state index contributed by atoms with van der Waals surface area (Å²) >= 11 is 0. The predicted octanol–water partition coefficient (Wildman–Crippen LogP) is 3.48. The van der Waals surface area contributed by atoms with Crippen molar-refractivity contribution in [1.29, 1.82) is 0 Å². The molecule has 0 fully saturated rings. The summed E-state index contributed by atoms with van der Waals surface area (Å²) in [6, 6.07) is 5.88. The lowest BCUT2D eigenvalue weighted by atomic mass is 9.95. The summed E-state index contributed by atoms with van der Waals surface area (Å²) in [6.45, 7) is 9.05. The van der Waals surface area contributed by atoms with Gasteiger partial charge in [0.25, 0.3) is 0 Å². The molecule has 2 N–H and O–H groups in total. The first-order chi connectivity index (χ1) is 9.00. The number of nitrogen functional groups attached to an aromatic ring is 1. The van der Waals surface area contributed by atoms with Crippen molar-refractivity contribution in [3.05, 3.63) is 52.2 Å². The van der Waals surface area contributed by atoms with Gasteiger partial charge in [0.05, 0.1) is 0 Å². The molecule has 0 aliphatic carbocycles. The Kier molecular flexibility index (Phi) is 3.74. The van der Waals surface area contributed by atoms with Crippen molar-refractivity contribution >= 4 is 5.82 Å². The average molecular weight is 256 g/mol. The van der Waals surface area contributed by atoms with Crippen molar-refractivity contribution in [2.24, 2.45) is 0 Å². The molecule has 3 nitrogen and oxygen atoms in total. The summed E-state index contributed by atoms with van der Waals surface area (Å²) in [5.41, 5.74) is 12.2. The maximum Gasteiger partial charge on any atom is 0.166 e. The molecule has 0 spiro atoms. The molecule has 2 rings (SSSR count). The van der Waals surface area contributed by atoms with E-state index in [4.69, 9.17) is 10.5 Å². The van der Waals surface area contributed by atoms with Gasteiger partial charge in [-0.1, -0.05) is 6.07 Å². The van der Waals surface area contributed by atoms with Crippen LogP contribution in [0.3, 0.4) is 0 Å². The maximum absolute atomic E-state index is 5.81. The number of rotatable bonds is 3. The third-order valence-corrected chi connectivity index (χ3v) is 3.69. The molecule has 3 heteroatoms. The van der Waals surface area contributed by atoms with Crippen LogP contribution < -0.4 is 10.5 Å². The molecule has 19 heavy (non-hydrogen) atoms.